The van der Waals surface area contributed by atoms with Crippen LogP contribution in [0.1, 0.15) is 0 Å². The van der Waals surface area contributed by atoms with Crippen molar-refractivity contribution in [2.75, 3.05) is 18.0 Å². The molecule has 5 nitrogen and oxygen atoms in total. The second-order valence-electron chi connectivity index (χ2n) is 5.39. The van der Waals surface area contributed by atoms with E-state index in [1.54, 1.807) is 0 Å². The molecule has 1 fully saturated rings. The highest BCUT2D eigenvalue weighted by molar-refractivity contribution is 5.90. The molecular formula is C14H12F4N4O. The van der Waals surface area contributed by atoms with E-state index in [1.165, 1.54) is 23.1 Å². The monoisotopic (exact) mass is 328 g/mol. The van der Waals surface area contributed by atoms with Crippen LogP contribution in [0.5, 0.6) is 0 Å². The predicted octanol–water partition coefficient (Wildman–Crippen LogP) is 1.87. The van der Waals surface area contributed by atoms with Crippen LogP contribution in [0.4, 0.5) is 23.4 Å². The number of halogens is 4. The van der Waals surface area contributed by atoms with Gasteiger partial charge in [0.1, 0.15) is 18.0 Å². The van der Waals surface area contributed by atoms with Gasteiger partial charge in [0.15, 0.2) is 0 Å². The summed E-state index contributed by atoms with van der Waals surface area (Å²) in [6.07, 6.45) is -3.42. The first-order valence-corrected chi connectivity index (χ1v) is 6.79. The Hall–Kier alpha value is -2.45. The summed E-state index contributed by atoms with van der Waals surface area (Å²) < 4.78 is 53.4. The van der Waals surface area contributed by atoms with E-state index in [9.17, 15) is 22.4 Å². The maximum atomic E-state index is 14.1. The lowest BCUT2D eigenvalue weighted by atomic mass is 9.95. The fourth-order valence-electron chi connectivity index (χ4n) is 2.89. The Bertz CT molecular complexity index is 759. The normalized spacial score (nSPS) is 21.8. The van der Waals surface area contributed by atoms with Crippen LogP contribution < -0.4 is 10.6 Å². The number of hydrogen-bond acceptors (Lipinski definition) is 4. The molecule has 1 aliphatic rings. The molecule has 0 bridgehead atoms. The number of carbonyl (C=O) groups excluding carboxylic acids is 1. The highest BCUT2D eigenvalue weighted by Crippen LogP contribution is 2.40. The van der Waals surface area contributed by atoms with Gasteiger partial charge in [0.25, 0.3) is 0 Å². The number of anilines is 1. The second-order valence-corrected chi connectivity index (χ2v) is 5.39. The van der Waals surface area contributed by atoms with Gasteiger partial charge in [-0.05, 0) is 12.1 Å². The van der Waals surface area contributed by atoms with Crippen LogP contribution in [0.3, 0.4) is 0 Å². The van der Waals surface area contributed by atoms with Gasteiger partial charge in [-0.1, -0.05) is 6.07 Å². The largest absolute Gasteiger partial charge is 0.394 e. The molecule has 2 aromatic rings. The standard InChI is InChI=1S/C14H12F4N4O/c15-9-2-1-3-10-11(9)13(21-6-20-10)22-4-7(12(19)23)8(5-22)14(16,17)18/h1-3,6-8H,4-5H2,(H2,19,23)/t7-,8-/m1/s1. The molecule has 0 saturated carbocycles. The Labute approximate surface area is 128 Å². The maximum absolute atomic E-state index is 14.1. The zero-order chi connectivity index (χ0) is 16.8. The van der Waals surface area contributed by atoms with Crippen molar-refractivity contribution >= 4 is 22.6 Å². The van der Waals surface area contributed by atoms with E-state index < -0.39 is 36.3 Å². The van der Waals surface area contributed by atoms with Gasteiger partial charge in [0, 0.05) is 13.1 Å². The van der Waals surface area contributed by atoms with Crippen LogP contribution in [0, 0.1) is 17.7 Å². The number of hydrogen-bond donors (Lipinski definition) is 1. The lowest BCUT2D eigenvalue weighted by Gasteiger charge is -2.20. The Kier molecular flexibility index (Phi) is 3.57. The summed E-state index contributed by atoms with van der Waals surface area (Å²) in [7, 11) is 0. The summed E-state index contributed by atoms with van der Waals surface area (Å²) in [5.41, 5.74) is 5.37. The minimum atomic E-state index is -4.57. The molecule has 0 radical (unpaired) electrons. The van der Waals surface area contributed by atoms with Crippen LogP contribution in [-0.2, 0) is 4.79 Å². The number of alkyl halides is 3. The SMILES string of the molecule is NC(=O)[C@@H]1CN(c2ncnc3cccc(F)c23)C[C@H]1C(F)(F)F. The van der Waals surface area contributed by atoms with Gasteiger partial charge < -0.3 is 10.6 Å². The van der Waals surface area contributed by atoms with Crippen molar-refractivity contribution in [2.24, 2.45) is 17.6 Å². The Morgan fingerprint density at radius 3 is 2.61 bits per heavy atom. The van der Waals surface area contributed by atoms with E-state index in [2.05, 4.69) is 9.97 Å². The number of fused-ring (bicyclic) bond motifs is 1. The van der Waals surface area contributed by atoms with Gasteiger partial charge in [-0.15, -0.1) is 0 Å². The smallest absolute Gasteiger partial charge is 0.369 e. The van der Waals surface area contributed by atoms with Crippen molar-refractivity contribution in [1.82, 2.24) is 9.97 Å². The summed E-state index contributed by atoms with van der Waals surface area (Å²) in [5.74, 6) is -4.94. The third-order valence-corrected chi connectivity index (χ3v) is 4.00. The van der Waals surface area contributed by atoms with Crippen LogP contribution in [0.2, 0.25) is 0 Å². The number of benzene rings is 1. The number of rotatable bonds is 2. The quantitative estimate of drug-likeness (QED) is 0.854. The first-order valence-electron chi connectivity index (χ1n) is 6.79. The zero-order valence-electron chi connectivity index (χ0n) is 11.7. The van der Waals surface area contributed by atoms with E-state index in [0.29, 0.717) is 0 Å². The number of nitrogens with zero attached hydrogens (tertiary/aromatic N) is 3. The first kappa shape index (κ1) is 15.4. The van der Waals surface area contributed by atoms with Gasteiger partial charge >= 0.3 is 6.18 Å². The molecule has 2 atom stereocenters. The Balaban J connectivity index is 2.05. The van der Waals surface area contributed by atoms with Crippen molar-refractivity contribution in [3.05, 3.63) is 30.3 Å². The van der Waals surface area contributed by atoms with E-state index in [-0.39, 0.29) is 23.3 Å². The average Bonchev–Trinajstić information content (AvgIpc) is 2.92. The maximum Gasteiger partial charge on any atom is 0.394 e. The van der Waals surface area contributed by atoms with Gasteiger partial charge in [-0.2, -0.15) is 13.2 Å². The summed E-state index contributed by atoms with van der Waals surface area (Å²) in [6, 6.07) is 4.16. The molecule has 0 aliphatic carbocycles. The Morgan fingerprint density at radius 2 is 2.00 bits per heavy atom. The third kappa shape index (κ3) is 2.66. The molecule has 1 aromatic heterocycles. The van der Waals surface area contributed by atoms with Crippen molar-refractivity contribution < 1.29 is 22.4 Å². The molecule has 1 amide bonds. The van der Waals surface area contributed by atoms with Gasteiger partial charge in [0.05, 0.1) is 22.7 Å². The van der Waals surface area contributed by atoms with Crippen LogP contribution >= 0.6 is 0 Å². The van der Waals surface area contributed by atoms with Crippen molar-refractivity contribution in [2.45, 2.75) is 6.18 Å². The second kappa shape index (κ2) is 5.32. The summed E-state index contributed by atoms with van der Waals surface area (Å²) >= 11 is 0. The summed E-state index contributed by atoms with van der Waals surface area (Å²) in [5, 5.41) is 0.0287. The molecule has 122 valence electrons. The lowest BCUT2D eigenvalue weighted by Crippen LogP contribution is -2.37. The minimum absolute atomic E-state index is 0.0287. The minimum Gasteiger partial charge on any atom is -0.369 e. The predicted molar refractivity (Wildman–Crippen MR) is 73.9 cm³/mol. The molecule has 2 N–H and O–H groups in total. The summed E-state index contributed by atoms with van der Waals surface area (Å²) in [6.45, 7) is -0.766. The highest BCUT2D eigenvalue weighted by atomic mass is 19.4. The van der Waals surface area contributed by atoms with E-state index in [0.717, 1.165) is 6.33 Å². The van der Waals surface area contributed by atoms with Gasteiger partial charge in [0.2, 0.25) is 5.91 Å². The van der Waals surface area contributed by atoms with Crippen molar-refractivity contribution in [3.63, 3.8) is 0 Å². The number of aromatic nitrogens is 2. The molecule has 1 saturated heterocycles. The Morgan fingerprint density at radius 1 is 1.26 bits per heavy atom. The number of primary amides is 1. The van der Waals surface area contributed by atoms with E-state index >= 15 is 0 Å². The fourth-order valence-corrected chi connectivity index (χ4v) is 2.89. The van der Waals surface area contributed by atoms with E-state index in [1.807, 2.05) is 0 Å². The molecule has 1 aromatic carbocycles. The van der Waals surface area contributed by atoms with Gasteiger partial charge in [-0.25, -0.2) is 14.4 Å². The molecule has 1 aliphatic heterocycles. The highest BCUT2D eigenvalue weighted by Gasteiger charge is 2.52. The summed E-state index contributed by atoms with van der Waals surface area (Å²) in [4.78, 5) is 20.4. The van der Waals surface area contributed by atoms with Gasteiger partial charge in [-0.3, -0.25) is 4.79 Å². The molecule has 9 heteroatoms. The molecule has 0 unspecified atom stereocenters. The zero-order valence-corrected chi connectivity index (χ0v) is 11.7. The first-order chi connectivity index (χ1) is 10.8. The average molecular weight is 328 g/mol. The molecule has 2 heterocycles. The van der Waals surface area contributed by atoms with Crippen molar-refractivity contribution in [3.8, 4) is 0 Å². The van der Waals surface area contributed by atoms with Crippen LogP contribution in [-0.4, -0.2) is 35.1 Å². The van der Waals surface area contributed by atoms with Crippen LogP contribution in [0.25, 0.3) is 10.9 Å². The number of carbonyl (C=O) groups is 1. The third-order valence-electron chi connectivity index (χ3n) is 4.00. The van der Waals surface area contributed by atoms with Crippen molar-refractivity contribution in [1.29, 1.82) is 0 Å². The van der Waals surface area contributed by atoms with E-state index in [4.69, 9.17) is 5.73 Å². The lowest BCUT2D eigenvalue weighted by molar-refractivity contribution is -0.181. The molecule has 3 rings (SSSR count). The molecule has 23 heavy (non-hydrogen) atoms. The number of nitrogens with two attached hydrogens (primary N) is 1. The fraction of sp³-hybridized carbons (Fsp3) is 0.357. The molecular weight excluding hydrogens is 316 g/mol. The topological polar surface area (TPSA) is 72.1 Å². The molecule has 0 spiro atoms. The van der Waals surface area contributed by atoms with Crippen LogP contribution in [0.15, 0.2) is 24.5 Å². The number of amides is 1.